The Bertz CT molecular complexity index is 389. The van der Waals surface area contributed by atoms with E-state index in [1.807, 2.05) is 6.92 Å². The maximum atomic E-state index is 11.4. The Morgan fingerprint density at radius 1 is 1.59 bits per heavy atom. The molecule has 1 atom stereocenters. The van der Waals surface area contributed by atoms with Crippen LogP contribution < -0.4 is 0 Å². The number of carbonyl (C=O) groups is 1. The molecule has 0 N–H and O–H groups in total. The summed E-state index contributed by atoms with van der Waals surface area (Å²) in [5.74, 6) is 1.87. The van der Waals surface area contributed by atoms with Crippen molar-refractivity contribution >= 4 is 5.78 Å². The fourth-order valence-electron chi connectivity index (χ4n) is 2.22. The molecule has 2 rings (SSSR count). The Kier molecular flexibility index (Phi) is 3.89. The van der Waals surface area contributed by atoms with Crippen LogP contribution in [-0.4, -0.2) is 33.9 Å². The number of hydrogen-bond acceptors (Lipinski definition) is 5. The summed E-state index contributed by atoms with van der Waals surface area (Å²) in [5, 5.41) is 3.87. The zero-order valence-corrected chi connectivity index (χ0v) is 10.5. The minimum Gasteiger partial charge on any atom is -0.338 e. The second kappa shape index (κ2) is 5.40. The first-order chi connectivity index (χ1) is 8.19. The molecule has 0 amide bonds. The van der Waals surface area contributed by atoms with Crippen molar-refractivity contribution in [1.82, 2.24) is 15.0 Å². The highest BCUT2D eigenvalue weighted by Gasteiger charge is 2.24. The quantitative estimate of drug-likeness (QED) is 0.793. The zero-order valence-electron chi connectivity index (χ0n) is 10.5. The van der Waals surface area contributed by atoms with Gasteiger partial charge in [-0.05, 0) is 26.3 Å². The van der Waals surface area contributed by atoms with Gasteiger partial charge < -0.3 is 4.52 Å². The molecule has 1 aliphatic rings. The molecule has 5 heteroatoms. The first-order valence-corrected chi connectivity index (χ1v) is 6.23. The van der Waals surface area contributed by atoms with E-state index < -0.39 is 0 Å². The van der Waals surface area contributed by atoms with Crippen molar-refractivity contribution in [2.24, 2.45) is 5.92 Å². The number of nitrogens with zero attached hydrogens (tertiary/aromatic N) is 3. The summed E-state index contributed by atoms with van der Waals surface area (Å²) in [4.78, 5) is 17.9. The lowest BCUT2D eigenvalue weighted by Gasteiger charge is -2.30. The minimum absolute atomic E-state index is 0.178. The highest BCUT2D eigenvalue weighted by Crippen LogP contribution is 2.18. The molecular formula is C12H19N3O2. The van der Waals surface area contributed by atoms with Crippen LogP contribution in [0.15, 0.2) is 4.52 Å². The summed E-state index contributed by atoms with van der Waals surface area (Å²) in [7, 11) is 0. The minimum atomic E-state index is 0.178. The monoisotopic (exact) mass is 237 g/mol. The van der Waals surface area contributed by atoms with E-state index in [2.05, 4.69) is 15.0 Å². The molecule has 1 aromatic rings. The van der Waals surface area contributed by atoms with Crippen molar-refractivity contribution in [1.29, 1.82) is 0 Å². The number of likely N-dealkylation sites (tertiary alicyclic amines) is 1. The van der Waals surface area contributed by atoms with Gasteiger partial charge in [0.05, 0.1) is 6.54 Å². The van der Waals surface area contributed by atoms with Gasteiger partial charge in [-0.3, -0.25) is 9.69 Å². The van der Waals surface area contributed by atoms with Crippen molar-refractivity contribution < 1.29 is 9.32 Å². The van der Waals surface area contributed by atoms with E-state index in [-0.39, 0.29) is 11.7 Å². The van der Waals surface area contributed by atoms with Gasteiger partial charge in [0.15, 0.2) is 5.82 Å². The molecule has 0 aromatic carbocycles. The molecule has 17 heavy (non-hydrogen) atoms. The topological polar surface area (TPSA) is 59.2 Å². The van der Waals surface area contributed by atoms with E-state index in [9.17, 15) is 4.79 Å². The van der Waals surface area contributed by atoms with Crippen LogP contribution in [0.3, 0.4) is 0 Å². The van der Waals surface area contributed by atoms with Crippen molar-refractivity contribution in [3.63, 3.8) is 0 Å². The first kappa shape index (κ1) is 12.2. The molecule has 1 aromatic heterocycles. The first-order valence-electron chi connectivity index (χ1n) is 6.23. The maximum absolute atomic E-state index is 11.4. The molecule has 94 valence electrons. The van der Waals surface area contributed by atoms with Gasteiger partial charge in [-0.15, -0.1) is 0 Å². The van der Waals surface area contributed by atoms with E-state index in [1.54, 1.807) is 6.92 Å². The van der Waals surface area contributed by atoms with E-state index in [4.69, 9.17) is 4.52 Å². The van der Waals surface area contributed by atoms with Crippen molar-refractivity contribution in [2.45, 2.75) is 39.7 Å². The molecule has 0 bridgehead atoms. The Labute approximate surface area is 101 Å². The van der Waals surface area contributed by atoms with Gasteiger partial charge in [-0.2, -0.15) is 4.98 Å². The number of carbonyl (C=O) groups excluding carboxylic acids is 1. The molecule has 1 fully saturated rings. The molecule has 0 spiro atoms. The molecule has 1 saturated heterocycles. The highest BCUT2D eigenvalue weighted by molar-refractivity contribution is 5.78. The SMILES string of the molecule is CCc1noc(CN2CCCC(C(C)=O)C2)n1. The third-order valence-electron chi connectivity index (χ3n) is 3.27. The predicted molar refractivity (Wildman–Crippen MR) is 62.4 cm³/mol. The summed E-state index contributed by atoms with van der Waals surface area (Å²) in [5.41, 5.74) is 0. The Morgan fingerprint density at radius 3 is 3.06 bits per heavy atom. The van der Waals surface area contributed by atoms with Gasteiger partial charge in [-0.1, -0.05) is 12.1 Å². The fourth-order valence-corrected chi connectivity index (χ4v) is 2.22. The van der Waals surface area contributed by atoms with Gasteiger partial charge in [0, 0.05) is 18.9 Å². The normalized spacial score (nSPS) is 21.6. The average Bonchev–Trinajstić information content (AvgIpc) is 2.77. The summed E-state index contributed by atoms with van der Waals surface area (Å²) >= 11 is 0. The molecule has 1 unspecified atom stereocenters. The number of Topliss-reactive ketones (excluding diaryl/α,β-unsaturated/α-hetero) is 1. The van der Waals surface area contributed by atoms with Crippen LogP contribution in [0.5, 0.6) is 0 Å². The van der Waals surface area contributed by atoms with E-state index >= 15 is 0 Å². The standard InChI is InChI=1S/C12H19N3O2/c1-3-11-13-12(17-14-11)8-15-6-4-5-10(7-15)9(2)16/h10H,3-8H2,1-2H3. The Balaban J connectivity index is 1.92. The summed E-state index contributed by atoms with van der Waals surface area (Å²) in [6.07, 6.45) is 2.87. The van der Waals surface area contributed by atoms with Crippen LogP contribution in [0.4, 0.5) is 0 Å². The molecule has 1 aliphatic heterocycles. The van der Waals surface area contributed by atoms with Gasteiger partial charge in [0.1, 0.15) is 5.78 Å². The fraction of sp³-hybridized carbons (Fsp3) is 0.750. The van der Waals surface area contributed by atoms with Gasteiger partial charge >= 0.3 is 0 Å². The number of ketones is 1. The van der Waals surface area contributed by atoms with Crippen LogP contribution >= 0.6 is 0 Å². The average molecular weight is 237 g/mol. The second-order valence-corrected chi connectivity index (χ2v) is 4.64. The summed E-state index contributed by atoms with van der Waals surface area (Å²) in [6.45, 7) is 6.17. The van der Waals surface area contributed by atoms with Gasteiger partial charge in [0.25, 0.3) is 0 Å². The van der Waals surface area contributed by atoms with Crippen molar-refractivity contribution in [3.05, 3.63) is 11.7 Å². The Morgan fingerprint density at radius 2 is 2.41 bits per heavy atom. The molecule has 5 nitrogen and oxygen atoms in total. The lowest BCUT2D eigenvalue weighted by Crippen LogP contribution is -2.37. The van der Waals surface area contributed by atoms with E-state index in [0.29, 0.717) is 12.4 Å². The summed E-state index contributed by atoms with van der Waals surface area (Å²) in [6, 6.07) is 0. The van der Waals surface area contributed by atoms with Gasteiger partial charge in [0.2, 0.25) is 5.89 Å². The lowest BCUT2D eigenvalue weighted by molar-refractivity contribution is -0.122. The zero-order chi connectivity index (χ0) is 12.3. The largest absolute Gasteiger partial charge is 0.338 e. The molecule has 0 saturated carbocycles. The van der Waals surface area contributed by atoms with Crippen LogP contribution in [0.1, 0.15) is 38.4 Å². The third-order valence-corrected chi connectivity index (χ3v) is 3.27. The third kappa shape index (κ3) is 3.12. The number of aryl methyl sites for hydroxylation is 1. The molecular weight excluding hydrogens is 218 g/mol. The highest BCUT2D eigenvalue weighted by atomic mass is 16.5. The summed E-state index contributed by atoms with van der Waals surface area (Å²) < 4.78 is 5.17. The van der Waals surface area contributed by atoms with Crippen molar-refractivity contribution in [2.75, 3.05) is 13.1 Å². The van der Waals surface area contributed by atoms with Crippen LogP contribution in [-0.2, 0) is 17.8 Å². The number of piperidine rings is 1. The number of hydrogen-bond donors (Lipinski definition) is 0. The van der Waals surface area contributed by atoms with E-state index in [1.165, 1.54) is 0 Å². The number of aromatic nitrogens is 2. The number of rotatable bonds is 4. The molecule has 0 radical (unpaired) electrons. The van der Waals surface area contributed by atoms with Crippen molar-refractivity contribution in [3.8, 4) is 0 Å². The molecule has 2 heterocycles. The van der Waals surface area contributed by atoms with E-state index in [0.717, 1.165) is 38.2 Å². The van der Waals surface area contributed by atoms with Gasteiger partial charge in [-0.25, -0.2) is 0 Å². The van der Waals surface area contributed by atoms with Crippen LogP contribution in [0.25, 0.3) is 0 Å². The smallest absolute Gasteiger partial charge is 0.240 e. The lowest BCUT2D eigenvalue weighted by atomic mass is 9.95. The maximum Gasteiger partial charge on any atom is 0.240 e. The molecule has 0 aliphatic carbocycles. The predicted octanol–water partition coefficient (Wildman–Crippen LogP) is 1.43. The second-order valence-electron chi connectivity index (χ2n) is 4.64. The van der Waals surface area contributed by atoms with Crippen LogP contribution in [0.2, 0.25) is 0 Å². The Hall–Kier alpha value is -1.23. The van der Waals surface area contributed by atoms with Crippen LogP contribution in [0, 0.1) is 5.92 Å².